The quantitative estimate of drug-likeness (QED) is 0.543. The van der Waals surface area contributed by atoms with Crippen molar-refractivity contribution in [1.82, 2.24) is 20.4 Å². The van der Waals surface area contributed by atoms with E-state index in [1.54, 1.807) is 37.6 Å². The highest BCUT2D eigenvalue weighted by atomic mass is 32.1. The molecule has 1 aromatic carbocycles. The Kier molecular flexibility index (Phi) is 6.53. The molecule has 3 heterocycles. The maximum absolute atomic E-state index is 12.7. The van der Waals surface area contributed by atoms with Crippen LogP contribution in [0.2, 0.25) is 0 Å². The second kappa shape index (κ2) is 9.67. The minimum atomic E-state index is -0.762. The van der Waals surface area contributed by atoms with Gasteiger partial charge >= 0.3 is 0 Å². The first kappa shape index (κ1) is 20.9. The number of carbonyl (C=O) groups excluding carboxylic acids is 1. The Labute approximate surface area is 183 Å². The van der Waals surface area contributed by atoms with Gasteiger partial charge in [-0.1, -0.05) is 23.5 Å². The molecule has 0 spiro atoms. The summed E-state index contributed by atoms with van der Waals surface area (Å²) >= 11 is 1.29. The Hall–Kier alpha value is -3.31. The summed E-state index contributed by atoms with van der Waals surface area (Å²) in [6, 6.07) is 11.2. The van der Waals surface area contributed by atoms with Crippen LogP contribution < -0.4 is 20.3 Å². The number of hydrogen-bond acceptors (Lipinski definition) is 10. The molecule has 162 valence electrons. The van der Waals surface area contributed by atoms with E-state index in [9.17, 15) is 4.79 Å². The number of carbonyl (C=O) groups is 1. The molecule has 2 atom stereocenters. The highest BCUT2D eigenvalue weighted by Crippen LogP contribution is 2.26. The number of aromatic nitrogens is 4. The van der Waals surface area contributed by atoms with Gasteiger partial charge in [-0.2, -0.15) is 5.10 Å². The Balaban J connectivity index is 1.33. The number of benzene rings is 1. The van der Waals surface area contributed by atoms with Crippen LogP contribution in [0.1, 0.15) is 18.1 Å². The van der Waals surface area contributed by atoms with Crippen LogP contribution in [0.25, 0.3) is 0 Å². The van der Waals surface area contributed by atoms with E-state index in [0.29, 0.717) is 16.0 Å². The largest absolute Gasteiger partial charge is 0.497 e. The van der Waals surface area contributed by atoms with Crippen LogP contribution in [-0.4, -0.2) is 59.7 Å². The summed E-state index contributed by atoms with van der Waals surface area (Å²) in [5.41, 5.74) is 0.721. The van der Waals surface area contributed by atoms with Gasteiger partial charge in [0.1, 0.15) is 5.75 Å². The van der Waals surface area contributed by atoms with Gasteiger partial charge in [0.15, 0.2) is 11.9 Å². The summed E-state index contributed by atoms with van der Waals surface area (Å²) in [4.78, 5) is 14.9. The third-order valence-corrected chi connectivity index (χ3v) is 5.72. The molecule has 0 aliphatic carbocycles. The van der Waals surface area contributed by atoms with Gasteiger partial charge in [0.25, 0.3) is 5.91 Å². The number of hydrogen-bond donors (Lipinski definition) is 2. The van der Waals surface area contributed by atoms with Crippen LogP contribution >= 0.6 is 11.3 Å². The van der Waals surface area contributed by atoms with E-state index in [1.807, 2.05) is 12.1 Å². The molecule has 31 heavy (non-hydrogen) atoms. The summed E-state index contributed by atoms with van der Waals surface area (Å²) in [5.74, 6) is 1.26. The lowest BCUT2D eigenvalue weighted by atomic mass is 10.1. The molecule has 0 saturated carbocycles. The number of rotatable bonds is 8. The SMILES string of the molecule is COc1ccc(C(OC)C(=O)Nc2nnc(N[C@@H]3CCN(c4cccnn4)C3)s2)cc1. The first-order valence-electron chi connectivity index (χ1n) is 9.76. The van der Waals surface area contributed by atoms with Crippen LogP contribution in [-0.2, 0) is 9.53 Å². The molecule has 0 bridgehead atoms. The van der Waals surface area contributed by atoms with Gasteiger partial charge in [-0.15, -0.1) is 15.3 Å². The first-order valence-corrected chi connectivity index (χ1v) is 10.6. The lowest BCUT2D eigenvalue weighted by Gasteiger charge is -2.16. The third-order valence-electron chi connectivity index (χ3n) is 4.95. The number of anilines is 3. The molecule has 10 nitrogen and oxygen atoms in total. The van der Waals surface area contributed by atoms with E-state index < -0.39 is 6.10 Å². The van der Waals surface area contributed by atoms with Gasteiger partial charge in [0, 0.05) is 32.4 Å². The summed E-state index contributed by atoms with van der Waals surface area (Å²) in [6.07, 6.45) is 1.84. The molecule has 1 amide bonds. The van der Waals surface area contributed by atoms with E-state index in [2.05, 4.69) is 35.9 Å². The predicted molar refractivity (Wildman–Crippen MR) is 118 cm³/mol. The molecule has 1 aliphatic heterocycles. The Bertz CT molecular complexity index is 1000. The van der Waals surface area contributed by atoms with Crippen molar-refractivity contribution in [2.24, 2.45) is 0 Å². The maximum atomic E-state index is 12.7. The van der Waals surface area contributed by atoms with Gasteiger partial charge in [0.2, 0.25) is 10.3 Å². The normalized spacial score (nSPS) is 16.7. The van der Waals surface area contributed by atoms with Crippen molar-refractivity contribution in [1.29, 1.82) is 0 Å². The molecular formula is C20H23N7O3S. The highest BCUT2D eigenvalue weighted by molar-refractivity contribution is 7.19. The number of nitrogens with zero attached hydrogens (tertiary/aromatic N) is 5. The van der Waals surface area contributed by atoms with E-state index in [0.717, 1.165) is 30.9 Å². The van der Waals surface area contributed by atoms with E-state index in [4.69, 9.17) is 9.47 Å². The zero-order valence-corrected chi connectivity index (χ0v) is 18.0. The number of amides is 1. The smallest absolute Gasteiger partial charge is 0.259 e. The molecule has 1 unspecified atom stereocenters. The Morgan fingerprint density at radius 1 is 1.16 bits per heavy atom. The summed E-state index contributed by atoms with van der Waals surface area (Å²) < 4.78 is 10.5. The van der Waals surface area contributed by atoms with Crippen LogP contribution in [0.15, 0.2) is 42.6 Å². The zero-order chi connectivity index (χ0) is 21.6. The van der Waals surface area contributed by atoms with Gasteiger partial charge in [-0.05, 0) is 36.2 Å². The van der Waals surface area contributed by atoms with Crippen molar-refractivity contribution in [3.8, 4) is 5.75 Å². The lowest BCUT2D eigenvalue weighted by Crippen LogP contribution is -2.26. The van der Waals surface area contributed by atoms with Crippen molar-refractivity contribution in [2.45, 2.75) is 18.6 Å². The third kappa shape index (κ3) is 5.06. The maximum Gasteiger partial charge on any atom is 0.259 e. The van der Waals surface area contributed by atoms with Gasteiger partial charge < -0.3 is 19.7 Å². The van der Waals surface area contributed by atoms with Gasteiger partial charge in [-0.3, -0.25) is 10.1 Å². The van der Waals surface area contributed by atoms with Crippen molar-refractivity contribution in [2.75, 3.05) is 42.8 Å². The van der Waals surface area contributed by atoms with Crippen LogP contribution in [0.5, 0.6) is 5.75 Å². The fourth-order valence-corrected chi connectivity index (χ4v) is 4.12. The molecule has 0 radical (unpaired) electrons. The Morgan fingerprint density at radius 3 is 2.68 bits per heavy atom. The number of nitrogens with one attached hydrogen (secondary N) is 2. The average Bonchev–Trinajstić information content (AvgIpc) is 3.45. The van der Waals surface area contributed by atoms with Crippen molar-refractivity contribution in [3.63, 3.8) is 0 Å². The topological polar surface area (TPSA) is 114 Å². The second-order valence-electron chi connectivity index (χ2n) is 6.95. The van der Waals surface area contributed by atoms with Gasteiger partial charge in [0.05, 0.1) is 7.11 Å². The zero-order valence-electron chi connectivity index (χ0n) is 17.2. The lowest BCUT2D eigenvalue weighted by molar-refractivity contribution is -0.126. The fraction of sp³-hybridized carbons (Fsp3) is 0.350. The molecule has 1 fully saturated rings. The summed E-state index contributed by atoms with van der Waals surface area (Å²) in [6.45, 7) is 1.68. The monoisotopic (exact) mass is 441 g/mol. The van der Waals surface area contributed by atoms with Crippen molar-refractivity contribution >= 4 is 33.3 Å². The standard InChI is InChI=1S/C20H23N7O3S/c1-29-15-7-5-13(6-8-15)17(30-2)18(28)23-20-26-25-19(31-20)22-14-9-11-27(12-14)16-4-3-10-21-24-16/h3-8,10,14,17H,9,11-12H2,1-2H3,(H,22,25)(H,23,26,28)/t14-,17?/m1/s1. The summed E-state index contributed by atoms with van der Waals surface area (Å²) in [7, 11) is 3.08. The van der Waals surface area contributed by atoms with Crippen LogP contribution in [0, 0.1) is 0 Å². The van der Waals surface area contributed by atoms with Crippen molar-refractivity contribution < 1.29 is 14.3 Å². The predicted octanol–water partition coefficient (Wildman–Crippen LogP) is 2.35. The van der Waals surface area contributed by atoms with Crippen molar-refractivity contribution in [3.05, 3.63) is 48.2 Å². The number of ether oxygens (including phenoxy) is 2. The second-order valence-corrected chi connectivity index (χ2v) is 7.93. The minimum Gasteiger partial charge on any atom is -0.497 e. The van der Waals surface area contributed by atoms with E-state index >= 15 is 0 Å². The first-order chi connectivity index (χ1) is 15.2. The number of methoxy groups -OCH3 is 2. The van der Waals surface area contributed by atoms with E-state index in [1.165, 1.54) is 18.4 Å². The molecular weight excluding hydrogens is 418 g/mol. The molecule has 2 aromatic heterocycles. The highest BCUT2D eigenvalue weighted by Gasteiger charge is 2.25. The molecule has 1 saturated heterocycles. The molecule has 3 aromatic rings. The van der Waals surface area contributed by atoms with Crippen LogP contribution in [0.4, 0.5) is 16.1 Å². The molecule has 1 aliphatic rings. The molecule has 2 N–H and O–H groups in total. The average molecular weight is 442 g/mol. The Morgan fingerprint density at radius 2 is 1.97 bits per heavy atom. The molecule has 11 heteroatoms. The van der Waals surface area contributed by atoms with E-state index in [-0.39, 0.29) is 11.9 Å². The minimum absolute atomic E-state index is 0.213. The summed E-state index contributed by atoms with van der Waals surface area (Å²) in [5, 5.41) is 23.5. The molecule has 4 rings (SSSR count). The fourth-order valence-electron chi connectivity index (χ4n) is 3.40. The van der Waals surface area contributed by atoms with Gasteiger partial charge in [-0.25, -0.2) is 0 Å². The van der Waals surface area contributed by atoms with Crippen LogP contribution in [0.3, 0.4) is 0 Å².